The van der Waals surface area contributed by atoms with Gasteiger partial charge in [-0.1, -0.05) is 53.2 Å². The summed E-state index contributed by atoms with van der Waals surface area (Å²) in [5.41, 5.74) is 8.69. The van der Waals surface area contributed by atoms with Gasteiger partial charge in [0.2, 0.25) is 0 Å². The minimum absolute atomic E-state index is 0.398. The fourth-order valence-electron chi connectivity index (χ4n) is 1.91. The Morgan fingerprint density at radius 3 is 2.67 bits per heavy atom. The van der Waals surface area contributed by atoms with Gasteiger partial charge in [-0.2, -0.15) is 0 Å². The molecule has 0 spiro atoms. The van der Waals surface area contributed by atoms with Gasteiger partial charge in [0.1, 0.15) is 5.69 Å². The van der Waals surface area contributed by atoms with E-state index in [1.807, 2.05) is 22.9 Å². The Balaban J connectivity index is 2.54. The second-order valence-electron chi connectivity index (χ2n) is 4.64. The molecule has 0 amide bonds. The van der Waals surface area contributed by atoms with Crippen LogP contribution in [0.3, 0.4) is 0 Å². The lowest BCUT2D eigenvalue weighted by molar-refractivity contribution is 0.475. The number of rotatable bonds is 4. The van der Waals surface area contributed by atoms with Crippen molar-refractivity contribution in [2.24, 2.45) is 11.7 Å². The summed E-state index contributed by atoms with van der Waals surface area (Å²) in [6.07, 6.45) is 0. The maximum Gasteiger partial charge on any atom is 0.104 e. The normalized spacial score (nSPS) is 11.2. The Kier molecular flexibility index (Phi) is 4.14. The van der Waals surface area contributed by atoms with E-state index in [1.54, 1.807) is 0 Å². The van der Waals surface area contributed by atoms with E-state index >= 15 is 0 Å². The van der Waals surface area contributed by atoms with Gasteiger partial charge in [0, 0.05) is 23.1 Å². The Morgan fingerprint density at radius 1 is 1.33 bits per heavy atom. The van der Waals surface area contributed by atoms with Crippen molar-refractivity contribution >= 4 is 15.9 Å². The van der Waals surface area contributed by atoms with E-state index in [9.17, 15) is 0 Å². The van der Waals surface area contributed by atoms with Gasteiger partial charge in [0.25, 0.3) is 0 Å². The number of hydrogen-bond donors (Lipinski definition) is 1. The molecule has 2 aromatic rings. The predicted octanol–water partition coefficient (Wildman–Crippen LogP) is 2.82. The molecule has 0 bridgehead atoms. The third kappa shape index (κ3) is 2.62. The minimum atomic E-state index is 0.398. The average molecular weight is 309 g/mol. The average Bonchev–Trinajstić information content (AvgIpc) is 2.72. The van der Waals surface area contributed by atoms with Crippen molar-refractivity contribution in [2.75, 3.05) is 0 Å². The highest BCUT2D eigenvalue weighted by atomic mass is 79.9. The van der Waals surface area contributed by atoms with E-state index in [0.717, 1.165) is 28.0 Å². The molecule has 96 valence electrons. The summed E-state index contributed by atoms with van der Waals surface area (Å²) < 4.78 is 2.97. The number of benzene rings is 1. The third-order valence-electron chi connectivity index (χ3n) is 2.67. The Labute approximate surface area is 115 Å². The van der Waals surface area contributed by atoms with Crippen molar-refractivity contribution in [3.8, 4) is 11.3 Å². The first-order valence-corrected chi connectivity index (χ1v) is 6.80. The van der Waals surface area contributed by atoms with Crippen LogP contribution in [0.25, 0.3) is 11.3 Å². The minimum Gasteiger partial charge on any atom is -0.325 e. The van der Waals surface area contributed by atoms with Crippen LogP contribution in [0.2, 0.25) is 0 Å². The molecule has 1 aromatic heterocycles. The molecule has 0 aliphatic heterocycles. The number of halogens is 1. The molecular weight excluding hydrogens is 292 g/mol. The molecule has 1 aromatic carbocycles. The molecule has 18 heavy (non-hydrogen) atoms. The zero-order valence-corrected chi connectivity index (χ0v) is 12.2. The van der Waals surface area contributed by atoms with Crippen LogP contribution in [-0.2, 0) is 13.1 Å². The number of nitrogens with two attached hydrogens (primary N) is 1. The fraction of sp³-hybridized carbons (Fsp3) is 0.385. The van der Waals surface area contributed by atoms with Gasteiger partial charge in [-0.25, -0.2) is 4.68 Å². The van der Waals surface area contributed by atoms with E-state index in [1.165, 1.54) is 0 Å². The van der Waals surface area contributed by atoms with Gasteiger partial charge in [-0.05, 0) is 12.0 Å². The van der Waals surface area contributed by atoms with Gasteiger partial charge in [0.15, 0.2) is 0 Å². The number of hydrogen-bond acceptors (Lipinski definition) is 3. The number of aromatic nitrogens is 3. The second kappa shape index (κ2) is 5.63. The van der Waals surface area contributed by atoms with Crippen molar-refractivity contribution in [3.63, 3.8) is 0 Å². The third-order valence-corrected chi connectivity index (χ3v) is 3.36. The molecule has 0 unspecified atom stereocenters. The summed E-state index contributed by atoms with van der Waals surface area (Å²) >= 11 is 3.57. The molecule has 2 N–H and O–H groups in total. The molecule has 0 aliphatic carbocycles. The molecule has 5 heteroatoms. The summed E-state index contributed by atoms with van der Waals surface area (Å²) in [6, 6.07) is 8.07. The molecule has 1 heterocycles. The molecular formula is C13H17BrN4. The van der Waals surface area contributed by atoms with Crippen LogP contribution in [-0.4, -0.2) is 15.0 Å². The highest BCUT2D eigenvalue weighted by molar-refractivity contribution is 9.10. The first kappa shape index (κ1) is 13.2. The van der Waals surface area contributed by atoms with Crippen molar-refractivity contribution in [3.05, 3.63) is 34.4 Å². The summed E-state index contributed by atoms with van der Waals surface area (Å²) in [6.45, 7) is 5.56. The zero-order valence-electron chi connectivity index (χ0n) is 10.6. The van der Waals surface area contributed by atoms with E-state index in [0.29, 0.717) is 12.5 Å². The summed E-state index contributed by atoms with van der Waals surface area (Å²) in [5.74, 6) is 0.513. The van der Waals surface area contributed by atoms with Crippen molar-refractivity contribution in [1.29, 1.82) is 0 Å². The quantitative estimate of drug-likeness (QED) is 0.945. The lowest BCUT2D eigenvalue weighted by Crippen LogP contribution is -2.09. The molecule has 0 saturated carbocycles. The lowest BCUT2D eigenvalue weighted by Gasteiger charge is -2.11. The topological polar surface area (TPSA) is 56.7 Å². The van der Waals surface area contributed by atoms with Crippen LogP contribution < -0.4 is 5.73 Å². The van der Waals surface area contributed by atoms with Gasteiger partial charge in [-0.15, -0.1) is 5.10 Å². The molecule has 2 rings (SSSR count). The maximum atomic E-state index is 5.75. The molecule has 4 nitrogen and oxygen atoms in total. The van der Waals surface area contributed by atoms with Crippen LogP contribution in [0.15, 0.2) is 28.7 Å². The Hall–Kier alpha value is -1.20. The molecule has 0 saturated heterocycles. The smallest absolute Gasteiger partial charge is 0.104 e. The van der Waals surface area contributed by atoms with Crippen molar-refractivity contribution in [1.82, 2.24) is 15.0 Å². The molecule has 0 atom stereocenters. The molecule has 0 aliphatic rings. The fourth-order valence-corrected chi connectivity index (χ4v) is 2.38. The van der Waals surface area contributed by atoms with E-state index in [4.69, 9.17) is 5.73 Å². The first-order valence-electron chi connectivity index (χ1n) is 6.00. The van der Waals surface area contributed by atoms with Crippen molar-refractivity contribution in [2.45, 2.75) is 26.9 Å². The lowest BCUT2D eigenvalue weighted by atomic mass is 10.1. The monoisotopic (exact) mass is 308 g/mol. The Bertz CT molecular complexity index is 534. The molecule has 0 radical (unpaired) electrons. The van der Waals surface area contributed by atoms with E-state index in [2.05, 4.69) is 46.2 Å². The second-order valence-corrected chi connectivity index (χ2v) is 5.50. The predicted molar refractivity (Wildman–Crippen MR) is 75.9 cm³/mol. The van der Waals surface area contributed by atoms with Crippen LogP contribution in [0.1, 0.15) is 19.5 Å². The highest BCUT2D eigenvalue weighted by Crippen LogP contribution is 2.29. The van der Waals surface area contributed by atoms with Crippen molar-refractivity contribution < 1.29 is 0 Å². The first-order chi connectivity index (χ1) is 8.63. The van der Waals surface area contributed by atoms with Gasteiger partial charge in [0.05, 0.1) is 5.69 Å². The maximum absolute atomic E-state index is 5.75. The van der Waals surface area contributed by atoms with Crippen LogP contribution in [0, 0.1) is 5.92 Å². The Morgan fingerprint density at radius 2 is 2.06 bits per heavy atom. The van der Waals surface area contributed by atoms with Crippen LogP contribution in [0.5, 0.6) is 0 Å². The molecule has 0 fully saturated rings. The van der Waals surface area contributed by atoms with Gasteiger partial charge >= 0.3 is 0 Å². The highest BCUT2D eigenvalue weighted by Gasteiger charge is 2.16. The summed E-state index contributed by atoms with van der Waals surface area (Å²) in [7, 11) is 0. The van der Waals surface area contributed by atoms with Crippen LogP contribution >= 0.6 is 15.9 Å². The van der Waals surface area contributed by atoms with Gasteiger partial charge < -0.3 is 5.73 Å². The summed E-state index contributed by atoms with van der Waals surface area (Å²) in [5, 5.41) is 8.38. The van der Waals surface area contributed by atoms with E-state index in [-0.39, 0.29) is 0 Å². The largest absolute Gasteiger partial charge is 0.325 e. The standard InChI is InChI=1S/C13H17BrN4/c1-9(2)8-18-13(12(7-15)16-17-18)10-5-3-4-6-11(10)14/h3-6,9H,7-8,15H2,1-2H3. The zero-order chi connectivity index (χ0) is 13.1. The van der Waals surface area contributed by atoms with E-state index < -0.39 is 0 Å². The van der Waals surface area contributed by atoms with Gasteiger partial charge in [-0.3, -0.25) is 0 Å². The summed E-state index contributed by atoms with van der Waals surface area (Å²) in [4.78, 5) is 0. The number of nitrogens with zero attached hydrogens (tertiary/aromatic N) is 3. The van der Waals surface area contributed by atoms with Crippen LogP contribution in [0.4, 0.5) is 0 Å². The SMILES string of the molecule is CC(C)Cn1nnc(CN)c1-c1ccccc1Br.